The van der Waals surface area contributed by atoms with Gasteiger partial charge in [-0.2, -0.15) is 0 Å². The molecule has 0 saturated heterocycles. The van der Waals surface area contributed by atoms with E-state index in [0.717, 1.165) is 23.9 Å². The van der Waals surface area contributed by atoms with Crippen LogP contribution in [0, 0.1) is 0 Å². The molecule has 0 amide bonds. The Morgan fingerprint density at radius 2 is 1.08 bits per heavy atom. The van der Waals surface area contributed by atoms with E-state index >= 15 is 0 Å². The lowest BCUT2D eigenvalue weighted by molar-refractivity contribution is 0.589. The second kappa shape index (κ2) is 12.5. The monoisotopic (exact) mass is 678 g/mol. The molecule has 2 aliphatic rings. The Kier molecular flexibility index (Phi) is 7.66. The van der Waals surface area contributed by atoms with Crippen LogP contribution in [0.5, 0.6) is 0 Å². The molecule has 0 fully saturated rings. The predicted molar refractivity (Wildman–Crippen MR) is 215 cm³/mol. The molecule has 6 aromatic carbocycles. The van der Waals surface area contributed by atoms with Crippen molar-refractivity contribution in [2.24, 2.45) is 0 Å². The van der Waals surface area contributed by atoms with Crippen molar-refractivity contribution in [1.82, 2.24) is 4.98 Å². The fourth-order valence-electron chi connectivity index (χ4n) is 7.34. The van der Waals surface area contributed by atoms with Crippen LogP contribution in [0.15, 0.2) is 174 Å². The van der Waals surface area contributed by atoms with E-state index < -0.39 is 0 Å². The molecule has 0 N–H and O–H groups in total. The molecule has 0 bridgehead atoms. The second-order valence-electron chi connectivity index (χ2n) is 14.2. The Hall–Kier alpha value is -5.78. The lowest BCUT2D eigenvalue weighted by Crippen LogP contribution is -2.23. The Bertz CT molecular complexity index is 2400. The molecule has 0 unspecified atom stereocenters. The molecular formula is C46H38N4S. The average Bonchev–Trinajstić information content (AvgIpc) is 3.50. The van der Waals surface area contributed by atoms with Gasteiger partial charge in [0.15, 0.2) is 0 Å². The van der Waals surface area contributed by atoms with Crippen LogP contribution < -0.4 is 14.7 Å². The topological polar surface area (TPSA) is 22.6 Å². The number of fused-ring (bicyclic) bond motifs is 6. The molecule has 1 aromatic heterocycles. The number of rotatable bonds is 5. The summed E-state index contributed by atoms with van der Waals surface area (Å²) in [5.74, 6) is 0.920. The van der Waals surface area contributed by atoms with Crippen molar-refractivity contribution in [3.8, 4) is 22.3 Å². The number of pyridine rings is 1. The van der Waals surface area contributed by atoms with Crippen LogP contribution in [-0.4, -0.2) is 11.7 Å². The van der Waals surface area contributed by atoms with Gasteiger partial charge >= 0.3 is 0 Å². The molecule has 4 nitrogen and oxygen atoms in total. The van der Waals surface area contributed by atoms with Crippen LogP contribution in [0.3, 0.4) is 0 Å². The second-order valence-corrected chi connectivity index (χ2v) is 15.3. The molecule has 0 atom stereocenters. The molecule has 2 aliphatic heterocycles. The van der Waals surface area contributed by atoms with Gasteiger partial charge in [0, 0.05) is 38.5 Å². The van der Waals surface area contributed by atoms with Crippen molar-refractivity contribution in [3.05, 3.63) is 169 Å². The molecule has 248 valence electrons. The Morgan fingerprint density at radius 1 is 0.490 bits per heavy atom. The van der Waals surface area contributed by atoms with E-state index in [1.807, 2.05) is 6.20 Å². The molecule has 5 heteroatoms. The van der Waals surface area contributed by atoms with Crippen molar-refractivity contribution in [2.45, 2.75) is 36.0 Å². The van der Waals surface area contributed by atoms with Crippen molar-refractivity contribution < 1.29 is 0 Å². The molecule has 0 radical (unpaired) electrons. The van der Waals surface area contributed by atoms with Gasteiger partial charge in [0.2, 0.25) is 0 Å². The van der Waals surface area contributed by atoms with Gasteiger partial charge in [0.25, 0.3) is 0 Å². The smallest absolute Gasteiger partial charge is 0.137 e. The van der Waals surface area contributed by atoms with Gasteiger partial charge in [-0.25, -0.2) is 4.98 Å². The third kappa shape index (κ3) is 5.64. The van der Waals surface area contributed by atoms with Crippen LogP contribution in [-0.2, 0) is 5.41 Å². The minimum atomic E-state index is -0.00838. The van der Waals surface area contributed by atoms with E-state index in [9.17, 15) is 0 Å². The van der Waals surface area contributed by atoms with Crippen LogP contribution in [0.1, 0.15) is 26.3 Å². The summed E-state index contributed by atoms with van der Waals surface area (Å²) >= 11 is 1.80. The van der Waals surface area contributed by atoms with Gasteiger partial charge in [0.1, 0.15) is 12.5 Å². The largest absolute Gasteiger partial charge is 0.321 e. The quantitative estimate of drug-likeness (QED) is 0.180. The third-order valence-corrected chi connectivity index (χ3v) is 10.9. The van der Waals surface area contributed by atoms with Crippen LogP contribution in [0.4, 0.5) is 39.9 Å². The summed E-state index contributed by atoms with van der Waals surface area (Å²) in [5.41, 5.74) is 13.1. The number of aromatic nitrogens is 1. The molecule has 9 rings (SSSR count). The highest BCUT2D eigenvalue weighted by molar-refractivity contribution is 7.99. The summed E-state index contributed by atoms with van der Waals surface area (Å²) in [7, 11) is 0. The highest BCUT2D eigenvalue weighted by Gasteiger charge is 2.29. The molecule has 3 heterocycles. The van der Waals surface area contributed by atoms with Crippen LogP contribution in [0.2, 0.25) is 0 Å². The van der Waals surface area contributed by atoms with Gasteiger partial charge in [-0.15, -0.1) is 0 Å². The Balaban J connectivity index is 1.13. The molecule has 0 aliphatic carbocycles. The number of anilines is 7. The van der Waals surface area contributed by atoms with Crippen molar-refractivity contribution in [1.29, 1.82) is 0 Å². The lowest BCUT2D eigenvalue weighted by atomic mass is 9.87. The fourth-order valence-corrected chi connectivity index (χ4v) is 8.24. The lowest BCUT2D eigenvalue weighted by Gasteiger charge is -2.28. The van der Waals surface area contributed by atoms with E-state index in [-0.39, 0.29) is 5.41 Å². The maximum absolute atomic E-state index is 5.00. The first-order chi connectivity index (χ1) is 24.9. The highest BCUT2D eigenvalue weighted by atomic mass is 32.2. The fraction of sp³-hybridized carbons (Fsp3) is 0.109. The molecule has 51 heavy (non-hydrogen) atoms. The van der Waals surface area contributed by atoms with E-state index in [1.54, 1.807) is 11.8 Å². The van der Waals surface area contributed by atoms with Crippen molar-refractivity contribution in [2.75, 3.05) is 21.4 Å². The van der Waals surface area contributed by atoms with E-state index in [2.05, 4.69) is 193 Å². The number of para-hydroxylation sites is 4. The number of hydrogen-bond donors (Lipinski definition) is 0. The van der Waals surface area contributed by atoms with Gasteiger partial charge in [-0.1, -0.05) is 117 Å². The maximum Gasteiger partial charge on any atom is 0.137 e. The Labute approximate surface area is 304 Å². The van der Waals surface area contributed by atoms with Crippen LogP contribution >= 0.6 is 11.8 Å². The first kappa shape index (κ1) is 31.2. The summed E-state index contributed by atoms with van der Waals surface area (Å²) < 4.78 is 0. The summed E-state index contributed by atoms with van der Waals surface area (Å²) in [6, 6.07) is 57.0. The minimum Gasteiger partial charge on any atom is -0.321 e. The zero-order valence-electron chi connectivity index (χ0n) is 29.0. The zero-order valence-corrected chi connectivity index (χ0v) is 29.8. The first-order valence-corrected chi connectivity index (χ1v) is 18.3. The minimum absolute atomic E-state index is 0.00838. The Morgan fingerprint density at radius 3 is 1.80 bits per heavy atom. The SMILES string of the molecule is CC(C)(C)c1ccnc(N2c3ccccc3-c3ccccc3-c3ccc(Sc4cccc(N5CN(c6ccccc6)c6ccccc65)c4)cc32)c1. The van der Waals surface area contributed by atoms with Crippen molar-refractivity contribution in [3.63, 3.8) is 0 Å². The van der Waals surface area contributed by atoms with Gasteiger partial charge in [0.05, 0.1) is 22.7 Å². The van der Waals surface area contributed by atoms with E-state index in [0.29, 0.717) is 0 Å². The normalized spacial score (nSPS) is 13.3. The van der Waals surface area contributed by atoms with Gasteiger partial charge < -0.3 is 9.80 Å². The maximum atomic E-state index is 5.00. The van der Waals surface area contributed by atoms with Gasteiger partial charge in [-0.05, 0) is 94.9 Å². The first-order valence-electron chi connectivity index (χ1n) is 17.5. The molecule has 0 saturated carbocycles. The predicted octanol–water partition coefficient (Wildman–Crippen LogP) is 12.9. The summed E-state index contributed by atoms with van der Waals surface area (Å²) in [6.45, 7) is 7.53. The molecule has 7 aromatic rings. The third-order valence-electron chi connectivity index (χ3n) is 9.88. The summed E-state index contributed by atoms with van der Waals surface area (Å²) in [4.78, 5) is 14.5. The standard InChI is InChI=1S/C46H38N4S/c1-46(2,3)32-26-27-47-45(28-32)50-41-21-10-9-20-39(41)37-18-7-8-19-38(37)40-25-24-36(30-44(40)50)51-35-17-13-16-34(29-35)49-31-48(33-14-5-4-6-15-33)42-22-11-12-23-43(42)49/h4-30H,31H2,1-3H3. The van der Waals surface area contributed by atoms with Crippen molar-refractivity contribution >= 4 is 51.7 Å². The average molecular weight is 679 g/mol. The zero-order chi connectivity index (χ0) is 34.5. The number of nitrogens with zero attached hydrogens (tertiary/aromatic N) is 4. The molecular weight excluding hydrogens is 641 g/mol. The number of benzene rings is 6. The highest BCUT2D eigenvalue weighted by Crippen LogP contribution is 2.52. The summed E-state index contributed by atoms with van der Waals surface area (Å²) in [6.07, 6.45) is 1.95. The van der Waals surface area contributed by atoms with E-state index in [4.69, 9.17) is 4.98 Å². The van der Waals surface area contributed by atoms with E-state index in [1.165, 1.54) is 60.4 Å². The summed E-state index contributed by atoms with van der Waals surface area (Å²) in [5, 5.41) is 0. The molecule has 0 spiro atoms. The van der Waals surface area contributed by atoms with Crippen LogP contribution in [0.25, 0.3) is 22.3 Å². The number of hydrogen-bond acceptors (Lipinski definition) is 5. The van der Waals surface area contributed by atoms with Gasteiger partial charge in [-0.3, -0.25) is 4.90 Å².